The molecule has 3 nitrogen and oxygen atoms in total. The highest BCUT2D eigenvalue weighted by atomic mass is 35.5. The maximum absolute atomic E-state index is 12.7. The molecule has 1 aromatic heterocycles. The Kier molecular flexibility index (Phi) is 4.13. The molecule has 1 aliphatic rings. The molecular formula is C16H14Cl2N2O. The molecule has 108 valence electrons. The van der Waals surface area contributed by atoms with E-state index >= 15 is 0 Å². The summed E-state index contributed by atoms with van der Waals surface area (Å²) in [6, 6.07) is 11.1. The third kappa shape index (κ3) is 2.89. The summed E-state index contributed by atoms with van der Waals surface area (Å²) in [5, 5.41) is 1.09. The zero-order chi connectivity index (χ0) is 14.8. The average Bonchev–Trinajstić information content (AvgIpc) is 2.97. The predicted molar refractivity (Wildman–Crippen MR) is 83.7 cm³/mol. The highest BCUT2D eigenvalue weighted by Gasteiger charge is 2.31. The topological polar surface area (TPSA) is 33.2 Å². The van der Waals surface area contributed by atoms with Gasteiger partial charge in [0, 0.05) is 17.8 Å². The van der Waals surface area contributed by atoms with Crippen LogP contribution in [0.3, 0.4) is 0 Å². The SMILES string of the molecule is O=C(c1ccc(Cl)nc1)N1CCCC1c1ccccc1Cl. The second-order valence-corrected chi connectivity index (χ2v) is 5.84. The zero-order valence-electron chi connectivity index (χ0n) is 11.3. The molecule has 1 saturated heterocycles. The molecular weight excluding hydrogens is 307 g/mol. The Morgan fingerprint density at radius 3 is 2.71 bits per heavy atom. The fourth-order valence-corrected chi connectivity index (χ4v) is 3.12. The highest BCUT2D eigenvalue weighted by molar-refractivity contribution is 6.31. The molecule has 1 aromatic carbocycles. The Balaban J connectivity index is 1.89. The van der Waals surface area contributed by atoms with Crippen LogP contribution in [0.4, 0.5) is 0 Å². The van der Waals surface area contributed by atoms with Crippen molar-refractivity contribution in [1.82, 2.24) is 9.88 Å². The van der Waals surface area contributed by atoms with Crippen molar-refractivity contribution in [3.63, 3.8) is 0 Å². The number of carbonyl (C=O) groups is 1. The van der Waals surface area contributed by atoms with Gasteiger partial charge >= 0.3 is 0 Å². The number of nitrogens with zero attached hydrogens (tertiary/aromatic N) is 2. The summed E-state index contributed by atoms with van der Waals surface area (Å²) in [5.41, 5.74) is 1.56. The lowest BCUT2D eigenvalue weighted by Crippen LogP contribution is -2.30. The standard InChI is InChI=1S/C16H14Cl2N2O/c17-13-5-2-1-4-12(13)14-6-3-9-20(14)16(21)11-7-8-15(18)19-10-11/h1-2,4-5,7-8,10,14H,3,6,9H2. The van der Waals surface area contributed by atoms with Gasteiger partial charge in [-0.3, -0.25) is 4.79 Å². The second-order valence-electron chi connectivity index (χ2n) is 5.05. The van der Waals surface area contributed by atoms with Gasteiger partial charge in [0.1, 0.15) is 5.15 Å². The van der Waals surface area contributed by atoms with Crippen molar-refractivity contribution in [2.45, 2.75) is 18.9 Å². The zero-order valence-corrected chi connectivity index (χ0v) is 12.8. The average molecular weight is 321 g/mol. The fraction of sp³-hybridized carbons (Fsp3) is 0.250. The lowest BCUT2D eigenvalue weighted by molar-refractivity contribution is 0.0735. The number of amides is 1. The first kappa shape index (κ1) is 14.4. The molecule has 1 aliphatic heterocycles. The molecule has 21 heavy (non-hydrogen) atoms. The molecule has 0 spiro atoms. The van der Waals surface area contributed by atoms with E-state index in [0.29, 0.717) is 15.7 Å². The summed E-state index contributed by atoms with van der Waals surface area (Å²) >= 11 is 12.0. The van der Waals surface area contributed by atoms with Crippen LogP contribution < -0.4 is 0 Å². The minimum atomic E-state index is -0.0263. The fourth-order valence-electron chi connectivity index (χ4n) is 2.75. The molecule has 0 saturated carbocycles. The minimum absolute atomic E-state index is 0.0263. The largest absolute Gasteiger partial charge is 0.332 e. The summed E-state index contributed by atoms with van der Waals surface area (Å²) in [6.45, 7) is 0.733. The van der Waals surface area contributed by atoms with Gasteiger partial charge in [0.15, 0.2) is 0 Å². The van der Waals surface area contributed by atoms with Gasteiger partial charge in [-0.2, -0.15) is 0 Å². The predicted octanol–water partition coefficient (Wildman–Crippen LogP) is 4.37. The molecule has 2 heterocycles. The molecule has 2 aromatic rings. The summed E-state index contributed by atoms with van der Waals surface area (Å²) in [6.07, 6.45) is 3.42. The van der Waals surface area contributed by atoms with Crippen LogP contribution in [0, 0.1) is 0 Å². The molecule has 1 fully saturated rings. The molecule has 5 heteroatoms. The van der Waals surface area contributed by atoms with E-state index in [1.165, 1.54) is 6.20 Å². The van der Waals surface area contributed by atoms with Crippen LogP contribution in [-0.2, 0) is 0 Å². The van der Waals surface area contributed by atoms with Gasteiger partial charge in [0.05, 0.1) is 11.6 Å². The van der Waals surface area contributed by atoms with Crippen molar-refractivity contribution in [2.24, 2.45) is 0 Å². The Morgan fingerprint density at radius 2 is 2.00 bits per heavy atom. The minimum Gasteiger partial charge on any atom is -0.332 e. The van der Waals surface area contributed by atoms with E-state index in [2.05, 4.69) is 4.98 Å². The normalized spacial score (nSPS) is 18.0. The van der Waals surface area contributed by atoms with E-state index in [1.807, 2.05) is 29.2 Å². The maximum atomic E-state index is 12.7. The summed E-state index contributed by atoms with van der Waals surface area (Å²) in [5.74, 6) is -0.0263. The molecule has 1 unspecified atom stereocenters. The van der Waals surface area contributed by atoms with E-state index < -0.39 is 0 Å². The number of halogens is 2. The van der Waals surface area contributed by atoms with E-state index in [9.17, 15) is 4.79 Å². The number of likely N-dealkylation sites (tertiary alicyclic amines) is 1. The van der Waals surface area contributed by atoms with Crippen LogP contribution in [0.25, 0.3) is 0 Å². The highest BCUT2D eigenvalue weighted by Crippen LogP contribution is 2.36. The van der Waals surface area contributed by atoms with Crippen molar-refractivity contribution in [3.8, 4) is 0 Å². The van der Waals surface area contributed by atoms with Crippen LogP contribution in [0.5, 0.6) is 0 Å². The number of benzene rings is 1. The molecule has 0 bridgehead atoms. The van der Waals surface area contributed by atoms with E-state index in [-0.39, 0.29) is 11.9 Å². The third-order valence-electron chi connectivity index (χ3n) is 3.75. The first-order chi connectivity index (χ1) is 10.2. The van der Waals surface area contributed by atoms with Gasteiger partial charge in [0.25, 0.3) is 5.91 Å². The maximum Gasteiger partial charge on any atom is 0.255 e. The number of aromatic nitrogens is 1. The van der Waals surface area contributed by atoms with E-state index in [0.717, 1.165) is 24.9 Å². The van der Waals surface area contributed by atoms with Gasteiger partial charge in [-0.25, -0.2) is 4.98 Å². The first-order valence-electron chi connectivity index (χ1n) is 6.84. The van der Waals surface area contributed by atoms with Crippen molar-refractivity contribution in [1.29, 1.82) is 0 Å². The van der Waals surface area contributed by atoms with Gasteiger partial charge < -0.3 is 4.90 Å². The molecule has 0 N–H and O–H groups in total. The van der Waals surface area contributed by atoms with E-state index in [4.69, 9.17) is 23.2 Å². The van der Waals surface area contributed by atoms with Gasteiger partial charge in [-0.05, 0) is 36.6 Å². The summed E-state index contributed by atoms with van der Waals surface area (Å²) < 4.78 is 0. The molecule has 1 amide bonds. The van der Waals surface area contributed by atoms with Crippen molar-refractivity contribution < 1.29 is 4.79 Å². The monoisotopic (exact) mass is 320 g/mol. The summed E-state index contributed by atoms with van der Waals surface area (Å²) in [7, 11) is 0. The van der Waals surface area contributed by atoms with Crippen LogP contribution in [0.2, 0.25) is 10.2 Å². The lowest BCUT2D eigenvalue weighted by Gasteiger charge is -2.25. The Bertz CT molecular complexity index is 658. The lowest BCUT2D eigenvalue weighted by atomic mass is 10.0. The molecule has 3 rings (SSSR count). The summed E-state index contributed by atoms with van der Waals surface area (Å²) in [4.78, 5) is 18.5. The molecule has 0 radical (unpaired) electrons. The van der Waals surface area contributed by atoms with Gasteiger partial charge in [0.2, 0.25) is 0 Å². The number of rotatable bonds is 2. The Labute approximate surface area is 133 Å². The van der Waals surface area contributed by atoms with Crippen molar-refractivity contribution >= 4 is 29.1 Å². The van der Waals surface area contributed by atoms with Gasteiger partial charge in [-0.15, -0.1) is 0 Å². The first-order valence-corrected chi connectivity index (χ1v) is 7.59. The van der Waals surface area contributed by atoms with Crippen LogP contribution in [0.1, 0.15) is 34.8 Å². The quantitative estimate of drug-likeness (QED) is 0.770. The number of carbonyl (C=O) groups excluding carboxylic acids is 1. The van der Waals surface area contributed by atoms with Crippen LogP contribution in [-0.4, -0.2) is 22.3 Å². The van der Waals surface area contributed by atoms with Crippen LogP contribution >= 0.6 is 23.2 Å². The van der Waals surface area contributed by atoms with E-state index in [1.54, 1.807) is 12.1 Å². The molecule has 0 aliphatic carbocycles. The Hall–Kier alpha value is -1.58. The van der Waals surface area contributed by atoms with Crippen molar-refractivity contribution in [2.75, 3.05) is 6.54 Å². The number of pyridine rings is 1. The smallest absolute Gasteiger partial charge is 0.255 e. The molecule has 1 atom stereocenters. The Morgan fingerprint density at radius 1 is 1.19 bits per heavy atom. The van der Waals surface area contributed by atoms with Crippen molar-refractivity contribution in [3.05, 3.63) is 63.9 Å². The number of hydrogen-bond acceptors (Lipinski definition) is 2. The third-order valence-corrected chi connectivity index (χ3v) is 4.32. The number of hydrogen-bond donors (Lipinski definition) is 0. The van der Waals surface area contributed by atoms with Crippen LogP contribution in [0.15, 0.2) is 42.6 Å². The van der Waals surface area contributed by atoms with Gasteiger partial charge in [-0.1, -0.05) is 41.4 Å². The second kappa shape index (κ2) is 6.04.